The molecule has 0 saturated carbocycles. The molecule has 0 radical (unpaired) electrons. The molecule has 0 saturated heterocycles. The van der Waals surface area contributed by atoms with Crippen molar-refractivity contribution in [3.63, 3.8) is 0 Å². The van der Waals surface area contributed by atoms with Gasteiger partial charge in [0.15, 0.2) is 0 Å². The molecule has 0 atom stereocenters. The van der Waals surface area contributed by atoms with Crippen LogP contribution in [-0.2, 0) is 0 Å². The second-order valence-corrected chi connectivity index (χ2v) is 4.72. The monoisotopic (exact) mass is 287 g/mol. The lowest BCUT2D eigenvalue weighted by Crippen LogP contribution is -2.16. The van der Waals surface area contributed by atoms with E-state index < -0.39 is 17.7 Å². The molecule has 1 amide bonds. The normalized spacial score (nSPS) is 10.2. The van der Waals surface area contributed by atoms with Crippen LogP contribution in [0.1, 0.15) is 31.8 Å². The van der Waals surface area contributed by atoms with E-state index in [0.29, 0.717) is 5.56 Å². The zero-order valence-corrected chi connectivity index (χ0v) is 11.6. The highest BCUT2D eigenvalue weighted by Crippen LogP contribution is 2.19. The van der Waals surface area contributed by atoms with Gasteiger partial charge in [0.05, 0.1) is 11.3 Å². The van der Waals surface area contributed by atoms with Crippen LogP contribution in [0.25, 0.3) is 0 Å². The lowest BCUT2D eigenvalue weighted by atomic mass is 10.0. The third kappa shape index (κ3) is 3.08. The molecule has 0 fully saturated rings. The van der Waals surface area contributed by atoms with Crippen LogP contribution in [0.4, 0.5) is 10.1 Å². The summed E-state index contributed by atoms with van der Waals surface area (Å²) in [6.45, 7) is 3.59. The van der Waals surface area contributed by atoms with Gasteiger partial charge < -0.3 is 10.4 Å². The van der Waals surface area contributed by atoms with Crippen molar-refractivity contribution >= 4 is 17.6 Å². The Labute approximate surface area is 121 Å². The van der Waals surface area contributed by atoms with E-state index in [2.05, 4.69) is 5.32 Å². The third-order valence-electron chi connectivity index (χ3n) is 3.17. The number of benzene rings is 2. The Hall–Kier alpha value is -2.69. The number of hydrogen-bond donors (Lipinski definition) is 2. The number of carboxylic acid groups (broad SMARTS) is 1. The van der Waals surface area contributed by atoms with Crippen LogP contribution in [0.15, 0.2) is 36.4 Å². The summed E-state index contributed by atoms with van der Waals surface area (Å²) in [5.41, 5.74) is 1.84. The predicted octanol–water partition coefficient (Wildman–Crippen LogP) is 3.39. The average molecular weight is 287 g/mol. The minimum atomic E-state index is -1.22. The number of carbonyl (C=O) groups excluding carboxylic acids is 1. The zero-order valence-electron chi connectivity index (χ0n) is 11.6. The highest BCUT2D eigenvalue weighted by molar-refractivity contribution is 6.06. The molecule has 0 spiro atoms. The van der Waals surface area contributed by atoms with E-state index in [0.717, 1.165) is 17.2 Å². The molecule has 21 heavy (non-hydrogen) atoms. The van der Waals surface area contributed by atoms with Gasteiger partial charge in [0.1, 0.15) is 5.82 Å². The van der Waals surface area contributed by atoms with Crippen molar-refractivity contribution in [2.75, 3.05) is 5.32 Å². The molecule has 0 aliphatic rings. The number of aromatic carboxylic acids is 1. The fourth-order valence-electron chi connectivity index (χ4n) is 2.11. The molecular weight excluding hydrogens is 273 g/mol. The summed E-state index contributed by atoms with van der Waals surface area (Å²) in [5.74, 6) is -2.43. The molecule has 0 bridgehead atoms. The molecule has 5 heteroatoms. The van der Waals surface area contributed by atoms with Crippen LogP contribution < -0.4 is 5.32 Å². The van der Waals surface area contributed by atoms with Crippen LogP contribution in [0.5, 0.6) is 0 Å². The van der Waals surface area contributed by atoms with Gasteiger partial charge >= 0.3 is 5.97 Å². The van der Waals surface area contributed by atoms with Crippen molar-refractivity contribution in [1.82, 2.24) is 0 Å². The highest BCUT2D eigenvalue weighted by Gasteiger charge is 2.15. The maximum Gasteiger partial charge on any atom is 0.335 e. The quantitative estimate of drug-likeness (QED) is 0.909. The summed E-state index contributed by atoms with van der Waals surface area (Å²) < 4.78 is 13.8. The Morgan fingerprint density at radius 3 is 2.24 bits per heavy atom. The summed E-state index contributed by atoms with van der Waals surface area (Å²) in [5, 5.41) is 11.2. The Balaban J connectivity index is 2.30. The minimum absolute atomic E-state index is 0.0485. The SMILES string of the molecule is Cc1cccc(C)c1C(=O)Nc1ccc(C(=O)O)cc1F. The van der Waals surface area contributed by atoms with E-state index >= 15 is 0 Å². The Morgan fingerprint density at radius 1 is 1.10 bits per heavy atom. The van der Waals surface area contributed by atoms with E-state index in [1.54, 1.807) is 26.0 Å². The number of rotatable bonds is 3. The predicted molar refractivity (Wildman–Crippen MR) is 77.2 cm³/mol. The van der Waals surface area contributed by atoms with E-state index in [-0.39, 0.29) is 11.3 Å². The molecule has 4 nitrogen and oxygen atoms in total. The summed E-state index contributed by atoms with van der Waals surface area (Å²) in [4.78, 5) is 23.0. The molecule has 0 aliphatic heterocycles. The van der Waals surface area contributed by atoms with E-state index in [9.17, 15) is 14.0 Å². The van der Waals surface area contributed by atoms with Crippen LogP contribution in [0.3, 0.4) is 0 Å². The standard InChI is InChI=1S/C16H14FNO3/c1-9-4-3-5-10(2)14(9)15(19)18-13-7-6-11(16(20)21)8-12(13)17/h3-8H,1-2H3,(H,18,19)(H,20,21). The van der Waals surface area contributed by atoms with E-state index in [4.69, 9.17) is 5.11 Å². The first-order chi connectivity index (χ1) is 9.90. The number of anilines is 1. The maximum atomic E-state index is 13.8. The molecule has 0 heterocycles. The van der Waals surface area contributed by atoms with Crippen molar-refractivity contribution in [3.8, 4) is 0 Å². The second-order valence-electron chi connectivity index (χ2n) is 4.72. The molecule has 108 valence electrons. The van der Waals surface area contributed by atoms with Crippen LogP contribution in [-0.4, -0.2) is 17.0 Å². The van der Waals surface area contributed by atoms with Crippen molar-refractivity contribution in [2.24, 2.45) is 0 Å². The fourth-order valence-corrected chi connectivity index (χ4v) is 2.11. The summed E-state index contributed by atoms with van der Waals surface area (Å²) in [6.07, 6.45) is 0. The maximum absolute atomic E-state index is 13.8. The molecule has 2 N–H and O–H groups in total. The first kappa shape index (κ1) is 14.7. The van der Waals surface area contributed by atoms with Crippen LogP contribution >= 0.6 is 0 Å². The van der Waals surface area contributed by atoms with Gasteiger partial charge in [-0.25, -0.2) is 9.18 Å². The van der Waals surface area contributed by atoms with Crippen molar-refractivity contribution in [1.29, 1.82) is 0 Å². The summed E-state index contributed by atoms with van der Waals surface area (Å²) in [7, 11) is 0. The van der Waals surface area contributed by atoms with Gasteiger partial charge in [-0.1, -0.05) is 18.2 Å². The van der Waals surface area contributed by atoms with Crippen LogP contribution in [0.2, 0.25) is 0 Å². The number of carboxylic acids is 1. The number of nitrogens with one attached hydrogen (secondary N) is 1. The topological polar surface area (TPSA) is 66.4 Å². The van der Waals surface area contributed by atoms with Crippen molar-refractivity contribution < 1.29 is 19.1 Å². The smallest absolute Gasteiger partial charge is 0.335 e. The number of hydrogen-bond acceptors (Lipinski definition) is 2. The summed E-state index contributed by atoms with van der Waals surface area (Å²) >= 11 is 0. The first-order valence-electron chi connectivity index (χ1n) is 6.30. The van der Waals surface area contributed by atoms with Gasteiger partial charge in [-0.15, -0.1) is 0 Å². The largest absolute Gasteiger partial charge is 0.478 e. The van der Waals surface area contributed by atoms with Gasteiger partial charge in [-0.3, -0.25) is 4.79 Å². The Morgan fingerprint density at radius 2 is 1.71 bits per heavy atom. The van der Waals surface area contributed by atoms with Gasteiger partial charge in [-0.2, -0.15) is 0 Å². The molecule has 2 aromatic rings. The van der Waals surface area contributed by atoms with E-state index in [1.165, 1.54) is 12.1 Å². The molecular formula is C16H14FNO3. The number of amides is 1. The number of carbonyl (C=O) groups is 2. The third-order valence-corrected chi connectivity index (χ3v) is 3.17. The second kappa shape index (κ2) is 5.75. The molecule has 2 aromatic carbocycles. The van der Waals surface area contributed by atoms with Crippen LogP contribution in [0, 0.1) is 19.7 Å². The molecule has 2 rings (SSSR count). The van der Waals surface area contributed by atoms with Crippen molar-refractivity contribution in [2.45, 2.75) is 13.8 Å². The minimum Gasteiger partial charge on any atom is -0.478 e. The Kier molecular flexibility index (Phi) is 4.03. The molecule has 0 aliphatic carbocycles. The Bertz CT molecular complexity index is 705. The summed E-state index contributed by atoms with van der Waals surface area (Å²) in [6, 6.07) is 8.79. The first-order valence-corrected chi connectivity index (χ1v) is 6.30. The fraction of sp³-hybridized carbons (Fsp3) is 0.125. The van der Waals surface area contributed by atoms with E-state index in [1.807, 2.05) is 6.07 Å². The number of aryl methyl sites for hydroxylation is 2. The molecule has 0 aromatic heterocycles. The van der Waals surface area contributed by atoms with Gasteiger partial charge in [0, 0.05) is 5.56 Å². The highest BCUT2D eigenvalue weighted by atomic mass is 19.1. The number of halogens is 1. The molecule has 0 unspecified atom stereocenters. The van der Waals surface area contributed by atoms with Gasteiger partial charge in [-0.05, 0) is 43.2 Å². The van der Waals surface area contributed by atoms with Crippen molar-refractivity contribution in [3.05, 3.63) is 64.5 Å². The van der Waals surface area contributed by atoms with Gasteiger partial charge in [0.2, 0.25) is 0 Å². The lowest BCUT2D eigenvalue weighted by molar-refractivity contribution is 0.0696. The zero-order chi connectivity index (χ0) is 15.6. The average Bonchev–Trinajstić information content (AvgIpc) is 2.40. The van der Waals surface area contributed by atoms with Gasteiger partial charge in [0.25, 0.3) is 5.91 Å². The lowest BCUT2D eigenvalue weighted by Gasteiger charge is -2.11.